The Bertz CT molecular complexity index is 1440. The summed E-state index contributed by atoms with van der Waals surface area (Å²) < 4.78 is 75.6. The molecule has 2 aromatic heterocycles. The van der Waals surface area contributed by atoms with E-state index < -0.39 is 23.9 Å². The molecular weight excluding hydrogens is 681 g/mol. The largest absolute Gasteiger partial charge is 0.504 e. The van der Waals surface area contributed by atoms with Crippen LogP contribution in [-0.4, -0.2) is 32.5 Å². The van der Waals surface area contributed by atoms with Crippen LogP contribution in [0.2, 0.25) is 0 Å². The number of benzene rings is 2. The van der Waals surface area contributed by atoms with E-state index in [0.29, 0.717) is 23.2 Å². The molecule has 13 heteroatoms. The summed E-state index contributed by atoms with van der Waals surface area (Å²) in [6.45, 7) is 4.32. The third-order valence-corrected chi connectivity index (χ3v) is 8.61. The molecule has 4 rings (SSSR count). The number of aliphatic hydroxyl groups excluding tert-OH is 2. The molecule has 2 aromatic carbocycles. The maximum Gasteiger partial charge on any atom is 0.448 e. The molecule has 0 fully saturated rings. The third-order valence-electron chi connectivity index (χ3n) is 6.68. The molecule has 2 N–H and O–H groups in total. The Morgan fingerprint density at radius 3 is 1.36 bits per heavy atom. The number of rotatable bonds is 12. The van der Waals surface area contributed by atoms with Crippen LogP contribution in [0.3, 0.4) is 0 Å². The minimum Gasteiger partial charge on any atom is -0.504 e. The van der Waals surface area contributed by atoms with Gasteiger partial charge in [-0.05, 0) is 61.1 Å². The molecule has 0 aliphatic heterocycles. The number of nitrogens with zero attached hydrogens (tertiary/aromatic N) is 2. The van der Waals surface area contributed by atoms with E-state index in [9.17, 15) is 26.3 Å². The van der Waals surface area contributed by atoms with Crippen molar-refractivity contribution < 1.29 is 53.3 Å². The second-order valence-electron chi connectivity index (χ2n) is 10.4. The van der Waals surface area contributed by atoms with Crippen molar-refractivity contribution in [2.24, 2.45) is 0 Å². The van der Waals surface area contributed by atoms with Crippen molar-refractivity contribution in [2.75, 3.05) is 0 Å². The number of aryl methyl sites for hydroxylation is 2. The van der Waals surface area contributed by atoms with Crippen LogP contribution in [0.1, 0.15) is 86.4 Å². The first-order valence-electron chi connectivity index (χ1n) is 14.5. The summed E-state index contributed by atoms with van der Waals surface area (Å²) in [5, 5.41) is 18.3. The van der Waals surface area contributed by atoms with E-state index in [2.05, 4.69) is 23.8 Å². The number of hydrogen-bond donors (Lipinski definition) is 2. The number of alkyl halides is 6. The van der Waals surface area contributed by atoms with E-state index >= 15 is 0 Å². The smallest absolute Gasteiger partial charge is 0.448 e. The predicted molar refractivity (Wildman–Crippen MR) is 168 cm³/mol. The van der Waals surface area contributed by atoms with Crippen molar-refractivity contribution in [3.05, 3.63) is 69.1 Å². The van der Waals surface area contributed by atoms with Crippen LogP contribution in [0.4, 0.5) is 26.3 Å². The monoisotopic (exact) mass is 717 g/mol. The van der Waals surface area contributed by atoms with Crippen LogP contribution >= 0.6 is 22.7 Å². The number of aromatic nitrogens is 2. The number of aliphatic hydroxyl groups is 2. The number of hydrogen-bond acceptors (Lipinski definition) is 6. The predicted octanol–water partition coefficient (Wildman–Crippen LogP) is 11.8. The minimum atomic E-state index is -4.73. The zero-order valence-electron chi connectivity index (χ0n) is 24.9. The van der Waals surface area contributed by atoms with Gasteiger partial charge in [0.1, 0.15) is 10.0 Å². The summed E-state index contributed by atoms with van der Waals surface area (Å²) in [6.07, 6.45) is 3.21. The first kappa shape index (κ1) is 38.6. The molecule has 0 unspecified atom stereocenters. The Kier molecular flexibility index (Phi) is 15.4. The van der Waals surface area contributed by atoms with Crippen molar-refractivity contribution in [2.45, 2.75) is 90.4 Å². The Morgan fingerprint density at radius 1 is 0.644 bits per heavy atom. The Balaban J connectivity index is 0.000000307. The van der Waals surface area contributed by atoms with Crippen molar-refractivity contribution in [1.82, 2.24) is 9.97 Å². The molecule has 2 heterocycles. The van der Waals surface area contributed by atoms with Crippen LogP contribution in [0, 0.1) is 0 Å². The minimum absolute atomic E-state index is 0. The van der Waals surface area contributed by atoms with E-state index in [1.807, 2.05) is 36.4 Å². The van der Waals surface area contributed by atoms with E-state index in [0.717, 1.165) is 57.8 Å². The fourth-order valence-electron chi connectivity index (χ4n) is 4.32. The van der Waals surface area contributed by atoms with Gasteiger partial charge in [0.25, 0.3) is 0 Å². The van der Waals surface area contributed by atoms with Gasteiger partial charge in [-0.25, -0.2) is 9.97 Å². The molecule has 0 spiro atoms. The molecule has 0 aliphatic carbocycles. The molecule has 0 amide bonds. The number of allylic oxidation sites excluding steroid dienone is 2. The van der Waals surface area contributed by atoms with Crippen molar-refractivity contribution in [3.63, 3.8) is 0 Å². The summed E-state index contributed by atoms with van der Waals surface area (Å²) in [5.41, 5.74) is 3.65. The van der Waals surface area contributed by atoms with Crippen molar-refractivity contribution >= 4 is 55.3 Å². The second kappa shape index (κ2) is 17.9. The summed E-state index contributed by atoms with van der Waals surface area (Å²) in [4.78, 5) is 8.20. The number of unbranched alkanes of at least 4 members (excludes halogenated alkanes) is 6. The molecule has 45 heavy (non-hydrogen) atoms. The average Bonchev–Trinajstić information content (AvgIpc) is 3.55. The fourth-order valence-corrected chi connectivity index (χ4v) is 6.25. The number of halogens is 6. The summed E-state index contributed by atoms with van der Waals surface area (Å²) in [6, 6.07) is 11.5. The summed E-state index contributed by atoms with van der Waals surface area (Å²) >= 11 is 2.30. The quantitative estimate of drug-likeness (QED) is 0.0870. The zero-order valence-corrected chi connectivity index (χ0v) is 27.6. The molecule has 1 radical (unpaired) electrons. The van der Waals surface area contributed by atoms with E-state index in [1.54, 1.807) is 0 Å². The molecule has 4 aromatic rings. The molecule has 0 bridgehead atoms. The molecule has 0 aliphatic rings. The molecule has 0 saturated heterocycles. The van der Waals surface area contributed by atoms with Crippen LogP contribution in [0.25, 0.3) is 32.6 Å². The summed E-state index contributed by atoms with van der Waals surface area (Å²) in [5.74, 6) is -3.24. The topological polar surface area (TPSA) is 66.2 Å². The molecular formula is C32H36CoF6N2O2S2. The first-order chi connectivity index (χ1) is 20.8. The zero-order chi connectivity index (χ0) is 32.3. The van der Waals surface area contributed by atoms with Gasteiger partial charge in [0.15, 0.2) is 0 Å². The van der Waals surface area contributed by atoms with Gasteiger partial charge in [-0.2, -0.15) is 26.3 Å². The van der Waals surface area contributed by atoms with Gasteiger partial charge in [-0.3, -0.25) is 0 Å². The SMILES string of the molecule is CCCCCCc1ccc2nc(/C=C(\O)C(F)(F)F)sc2c1.CCCCCCc1ccc2nc(/C=C(\O)C(F)(F)F)sc2c1.[Co]. The Morgan fingerprint density at radius 2 is 1.02 bits per heavy atom. The third kappa shape index (κ3) is 12.6. The van der Waals surface area contributed by atoms with Gasteiger partial charge in [-0.15, -0.1) is 22.7 Å². The van der Waals surface area contributed by atoms with E-state index in [-0.39, 0.29) is 26.8 Å². The average molecular weight is 718 g/mol. The first-order valence-corrected chi connectivity index (χ1v) is 16.2. The van der Waals surface area contributed by atoms with Gasteiger partial charge in [-0.1, -0.05) is 64.5 Å². The number of fused-ring (bicyclic) bond motifs is 2. The van der Waals surface area contributed by atoms with Crippen molar-refractivity contribution in [1.29, 1.82) is 0 Å². The molecule has 0 atom stereocenters. The maximum absolute atomic E-state index is 12.3. The normalized spacial score (nSPS) is 12.7. The van der Waals surface area contributed by atoms with Crippen LogP contribution in [-0.2, 0) is 29.6 Å². The number of thiazole rings is 2. The van der Waals surface area contributed by atoms with Crippen molar-refractivity contribution in [3.8, 4) is 0 Å². The molecule has 0 saturated carbocycles. The van der Waals surface area contributed by atoms with Crippen LogP contribution < -0.4 is 0 Å². The fraction of sp³-hybridized carbons (Fsp3) is 0.438. The van der Waals surface area contributed by atoms with Gasteiger partial charge in [0.05, 0.1) is 20.4 Å². The van der Waals surface area contributed by atoms with E-state index in [1.165, 1.54) is 49.7 Å². The van der Waals surface area contributed by atoms with E-state index in [4.69, 9.17) is 10.2 Å². The van der Waals surface area contributed by atoms with Gasteiger partial charge in [0.2, 0.25) is 11.5 Å². The standard InChI is InChI=1S/2C16H18F3NOS.Co/c2*1-2-3-4-5-6-11-7-8-12-13(9-11)22-15(20-12)10-14(21)16(17,18)19;/h2*7-10,21H,2-6H2,1H3;/b2*14-10-;. The Hall–Kier alpha value is -2.61. The van der Waals surface area contributed by atoms with Gasteiger partial charge in [0, 0.05) is 28.9 Å². The summed E-state index contributed by atoms with van der Waals surface area (Å²) in [7, 11) is 0. The molecule has 249 valence electrons. The molecule has 4 nitrogen and oxygen atoms in total. The second-order valence-corrected chi connectivity index (χ2v) is 12.5. The van der Waals surface area contributed by atoms with Crippen LogP contribution in [0.15, 0.2) is 47.9 Å². The van der Waals surface area contributed by atoms with Gasteiger partial charge >= 0.3 is 12.4 Å². The van der Waals surface area contributed by atoms with Gasteiger partial charge < -0.3 is 10.2 Å². The Labute approximate surface area is 277 Å². The maximum atomic E-state index is 12.3. The van der Waals surface area contributed by atoms with Crippen LogP contribution in [0.5, 0.6) is 0 Å².